The highest BCUT2D eigenvalue weighted by Gasteiger charge is 2.20. The number of nitrogen functional groups attached to an aromatic ring is 1. The Morgan fingerprint density at radius 3 is 2.57 bits per heavy atom. The van der Waals surface area contributed by atoms with Crippen molar-refractivity contribution in [2.45, 2.75) is 19.3 Å². The molecule has 0 unspecified atom stereocenters. The first-order chi connectivity index (χ1) is 14.7. The Morgan fingerprint density at radius 1 is 1.03 bits per heavy atom. The third-order valence-electron chi connectivity index (χ3n) is 5.78. The second-order valence-electron chi connectivity index (χ2n) is 7.75. The molecule has 0 bridgehead atoms. The number of anilines is 1. The molecule has 6 nitrogen and oxygen atoms in total. The van der Waals surface area contributed by atoms with Gasteiger partial charge in [0.05, 0.1) is 22.1 Å². The fourth-order valence-corrected chi connectivity index (χ4v) is 4.49. The zero-order valence-corrected chi connectivity index (χ0v) is 18.1. The predicted octanol–water partition coefficient (Wildman–Crippen LogP) is 4.35. The molecule has 1 aliphatic rings. The van der Waals surface area contributed by atoms with Gasteiger partial charge in [0.2, 0.25) is 0 Å². The summed E-state index contributed by atoms with van der Waals surface area (Å²) in [6.45, 7) is 2.13. The molecule has 0 spiro atoms. The molecule has 7 heteroatoms. The van der Waals surface area contributed by atoms with Crippen LogP contribution in [0.5, 0.6) is 0 Å². The van der Waals surface area contributed by atoms with Crippen molar-refractivity contribution >= 4 is 27.4 Å². The van der Waals surface area contributed by atoms with Crippen LogP contribution in [0.25, 0.3) is 28.0 Å². The number of fused-ring (bicyclic) bond motifs is 1. The van der Waals surface area contributed by atoms with Crippen LogP contribution < -0.4 is 11.1 Å². The molecular weight excluding hydrogens is 440 g/mol. The van der Waals surface area contributed by atoms with Crippen LogP contribution in [0.15, 0.2) is 59.3 Å². The third-order valence-corrected chi connectivity index (χ3v) is 6.64. The Balaban J connectivity index is 1.51. The fraction of sp³-hybridized carbons (Fsp3) is 0.261. The number of nitrogens with one attached hydrogen (secondary N) is 1. The summed E-state index contributed by atoms with van der Waals surface area (Å²) >= 11 is 3.65. The molecule has 152 valence electrons. The van der Waals surface area contributed by atoms with Gasteiger partial charge in [0.1, 0.15) is 5.82 Å². The smallest absolute Gasteiger partial charge is 0.165 e. The fourth-order valence-electron chi connectivity index (χ4n) is 4.07. The van der Waals surface area contributed by atoms with Gasteiger partial charge in [0.25, 0.3) is 0 Å². The number of pyridine rings is 1. The maximum atomic E-state index is 6.40. The average Bonchev–Trinajstić information content (AvgIpc) is 3.23. The summed E-state index contributed by atoms with van der Waals surface area (Å²) in [5.41, 5.74) is 12.1. The predicted molar refractivity (Wildman–Crippen MR) is 123 cm³/mol. The molecule has 0 saturated carbocycles. The van der Waals surface area contributed by atoms with Crippen molar-refractivity contribution in [2.75, 3.05) is 18.8 Å². The lowest BCUT2D eigenvalue weighted by molar-refractivity contribution is 0.370. The SMILES string of the molecule is Nc1c(Br)c(CC2CCNCC2)nc2c(-c3ccc(-c4ccccc4)nc3)cnn12. The zero-order valence-electron chi connectivity index (χ0n) is 16.6. The summed E-state index contributed by atoms with van der Waals surface area (Å²) in [5, 5.41) is 7.91. The van der Waals surface area contributed by atoms with Crippen molar-refractivity contribution in [1.82, 2.24) is 24.9 Å². The number of halogens is 1. The highest BCUT2D eigenvalue weighted by atomic mass is 79.9. The van der Waals surface area contributed by atoms with Crippen molar-refractivity contribution in [1.29, 1.82) is 0 Å². The minimum absolute atomic E-state index is 0.587. The largest absolute Gasteiger partial charge is 0.383 e. The Kier molecular flexibility index (Phi) is 5.23. The van der Waals surface area contributed by atoms with Crippen LogP contribution in [0, 0.1) is 5.92 Å². The molecule has 4 heterocycles. The summed E-state index contributed by atoms with van der Waals surface area (Å²) < 4.78 is 2.55. The van der Waals surface area contributed by atoms with Gasteiger partial charge < -0.3 is 11.1 Å². The summed E-state index contributed by atoms with van der Waals surface area (Å²) in [6, 6.07) is 14.3. The summed E-state index contributed by atoms with van der Waals surface area (Å²) in [4.78, 5) is 9.63. The molecule has 4 aromatic rings. The first-order valence-corrected chi connectivity index (χ1v) is 11.0. The van der Waals surface area contributed by atoms with E-state index in [-0.39, 0.29) is 0 Å². The molecule has 1 saturated heterocycles. The van der Waals surface area contributed by atoms with Gasteiger partial charge in [-0.15, -0.1) is 0 Å². The lowest BCUT2D eigenvalue weighted by Crippen LogP contribution is -2.29. The van der Waals surface area contributed by atoms with E-state index in [2.05, 4.69) is 49.5 Å². The Labute approximate surface area is 183 Å². The van der Waals surface area contributed by atoms with Gasteiger partial charge in [0, 0.05) is 22.9 Å². The van der Waals surface area contributed by atoms with Crippen molar-refractivity contribution in [3.8, 4) is 22.4 Å². The first-order valence-electron chi connectivity index (χ1n) is 10.2. The molecule has 5 rings (SSSR count). The Bertz CT molecular complexity index is 1160. The van der Waals surface area contributed by atoms with E-state index in [0.29, 0.717) is 11.7 Å². The van der Waals surface area contributed by atoms with E-state index in [1.807, 2.05) is 36.7 Å². The van der Waals surface area contributed by atoms with Gasteiger partial charge in [0.15, 0.2) is 5.65 Å². The monoisotopic (exact) mass is 462 g/mol. The van der Waals surface area contributed by atoms with Crippen molar-refractivity contribution in [3.05, 3.63) is 65.0 Å². The summed E-state index contributed by atoms with van der Waals surface area (Å²) in [5.74, 6) is 1.21. The minimum atomic E-state index is 0.587. The summed E-state index contributed by atoms with van der Waals surface area (Å²) in [7, 11) is 0. The normalized spacial score (nSPS) is 15.0. The second kappa shape index (κ2) is 8.16. The van der Waals surface area contributed by atoms with Gasteiger partial charge >= 0.3 is 0 Å². The lowest BCUT2D eigenvalue weighted by Gasteiger charge is -2.22. The summed E-state index contributed by atoms with van der Waals surface area (Å²) in [6.07, 6.45) is 6.94. The molecule has 30 heavy (non-hydrogen) atoms. The molecule has 0 amide bonds. The number of benzene rings is 1. The number of aromatic nitrogens is 4. The van der Waals surface area contributed by atoms with Crippen molar-refractivity contribution < 1.29 is 0 Å². The topological polar surface area (TPSA) is 81.1 Å². The maximum Gasteiger partial charge on any atom is 0.165 e. The standard InChI is InChI=1S/C23H23BrN6/c24-21-20(12-15-8-10-26-11-9-15)29-23-18(14-28-30(23)22(21)25)17-6-7-19(27-13-17)16-4-2-1-3-5-16/h1-7,13-15,26H,8-12,25H2. The number of rotatable bonds is 4. The Morgan fingerprint density at radius 2 is 1.83 bits per heavy atom. The molecule has 0 radical (unpaired) electrons. The molecule has 1 aromatic carbocycles. The van der Waals surface area contributed by atoms with Gasteiger partial charge in [-0.3, -0.25) is 4.98 Å². The van der Waals surface area contributed by atoms with Gasteiger partial charge in [-0.2, -0.15) is 9.61 Å². The van der Waals surface area contributed by atoms with Crippen LogP contribution >= 0.6 is 15.9 Å². The van der Waals surface area contributed by atoms with Crippen LogP contribution in [-0.2, 0) is 6.42 Å². The highest BCUT2D eigenvalue weighted by Crippen LogP contribution is 2.32. The number of nitrogens with zero attached hydrogens (tertiary/aromatic N) is 4. The molecule has 0 atom stereocenters. The van der Waals surface area contributed by atoms with Gasteiger partial charge in [-0.25, -0.2) is 4.98 Å². The lowest BCUT2D eigenvalue weighted by atomic mass is 9.93. The van der Waals surface area contributed by atoms with E-state index in [1.165, 1.54) is 0 Å². The van der Waals surface area contributed by atoms with Crippen LogP contribution in [-0.4, -0.2) is 32.7 Å². The van der Waals surface area contributed by atoms with Gasteiger partial charge in [-0.1, -0.05) is 36.4 Å². The quantitative estimate of drug-likeness (QED) is 0.471. The van der Waals surface area contributed by atoms with Crippen LogP contribution in [0.2, 0.25) is 0 Å². The third kappa shape index (κ3) is 3.59. The van der Waals surface area contributed by atoms with E-state index in [4.69, 9.17) is 10.7 Å². The molecule has 3 aromatic heterocycles. The average molecular weight is 463 g/mol. The number of nitrogens with two attached hydrogens (primary N) is 1. The molecule has 3 N–H and O–H groups in total. The van der Waals surface area contributed by atoms with E-state index >= 15 is 0 Å². The van der Waals surface area contributed by atoms with Crippen LogP contribution in [0.4, 0.5) is 5.82 Å². The van der Waals surface area contributed by atoms with E-state index in [1.54, 1.807) is 4.52 Å². The highest BCUT2D eigenvalue weighted by molar-refractivity contribution is 9.10. The maximum absolute atomic E-state index is 6.40. The van der Waals surface area contributed by atoms with Crippen LogP contribution in [0.3, 0.4) is 0 Å². The number of hydrogen-bond acceptors (Lipinski definition) is 5. The van der Waals surface area contributed by atoms with Crippen molar-refractivity contribution in [3.63, 3.8) is 0 Å². The molecule has 1 aliphatic heterocycles. The van der Waals surface area contributed by atoms with Crippen LogP contribution in [0.1, 0.15) is 18.5 Å². The molecule has 1 fully saturated rings. The second-order valence-corrected chi connectivity index (χ2v) is 8.54. The zero-order chi connectivity index (χ0) is 20.5. The number of hydrogen-bond donors (Lipinski definition) is 2. The van der Waals surface area contributed by atoms with E-state index < -0.39 is 0 Å². The first kappa shape index (κ1) is 19.2. The number of piperidine rings is 1. The minimum Gasteiger partial charge on any atom is -0.383 e. The van der Waals surface area contributed by atoms with Crippen molar-refractivity contribution in [2.24, 2.45) is 5.92 Å². The Hall–Kier alpha value is -2.77. The molecule has 0 aliphatic carbocycles. The van der Waals surface area contributed by atoms with E-state index in [9.17, 15) is 0 Å². The molecular formula is C23H23BrN6. The van der Waals surface area contributed by atoms with Gasteiger partial charge in [-0.05, 0) is 60.3 Å². The van der Waals surface area contributed by atoms with E-state index in [0.717, 1.165) is 70.6 Å².